The molecule has 0 spiro atoms. The van der Waals surface area contributed by atoms with Gasteiger partial charge in [0.1, 0.15) is 42.0 Å². The number of fused-ring (bicyclic) bond motifs is 2. The van der Waals surface area contributed by atoms with Crippen LogP contribution in [-0.4, -0.2) is 67.1 Å². The summed E-state index contributed by atoms with van der Waals surface area (Å²) in [5.41, 5.74) is 7.78. The number of nitrogens with one attached hydrogen (secondary N) is 3. The summed E-state index contributed by atoms with van der Waals surface area (Å²) in [6.45, 7) is 1.19. The smallest absolute Gasteiger partial charge is 0.270 e. The van der Waals surface area contributed by atoms with Crippen molar-refractivity contribution in [3.63, 3.8) is 0 Å². The van der Waals surface area contributed by atoms with Crippen molar-refractivity contribution < 1.29 is 28.1 Å². The monoisotopic (exact) mass is 577 g/mol. The van der Waals surface area contributed by atoms with Crippen molar-refractivity contribution in [2.24, 2.45) is 0 Å². The van der Waals surface area contributed by atoms with Crippen LogP contribution in [-0.2, 0) is 11.3 Å². The van der Waals surface area contributed by atoms with Gasteiger partial charge in [0.25, 0.3) is 5.91 Å². The first-order valence-electron chi connectivity index (χ1n) is 13.6. The van der Waals surface area contributed by atoms with Crippen LogP contribution in [0.2, 0.25) is 0 Å². The molecule has 12 nitrogen and oxygen atoms in total. The highest BCUT2D eigenvalue weighted by Crippen LogP contribution is 2.40. The highest BCUT2D eigenvalue weighted by Gasteiger charge is 2.31. The highest BCUT2D eigenvalue weighted by atomic mass is 19.1. The third-order valence-corrected chi connectivity index (χ3v) is 7.42. The Labute approximate surface area is 241 Å². The molecule has 0 bridgehead atoms. The fraction of sp³-hybridized carbons (Fsp3) is 0.345. The van der Waals surface area contributed by atoms with Gasteiger partial charge in [-0.1, -0.05) is 12.1 Å². The number of amides is 1. The number of anilines is 3. The van der Waals surface area contributed by atoms with Gasteiger partial charge >= 0.3 is 0 Å². The highest BCUT2D eigenvalue weighted by molar-refractivity contribution is 6.00. The third-order valence-electron chi connectivity index (χ3n) is 7.42. The van der Waals surface area contributed by atoms with Gasteiger partial charge in [-0.05, 0) is 30.5 Å². The van der Waals surface area contributed by atoms with Gasteiger partial charge in [0, 0.05) is 38.9 Å². The lowest BCUT2D eigenvalue weighted by Gasteiger charge is -2.35. The molecule has 1 aliphatic heterocycles. The minimum Gasteiger partial charge on any atom is -0.497 e. The average molecular weight is 578 g/mol. The zero-order chi connectivity index (χ0) is 29.2. The number of carbonyl (C=O) groups excluding carboxylic acids is 1. The number of aromatic nitrogens is 3. The summed E-state index contributed by atoms with van der Waals surface area (Å²) in [6.07, 6.45) is 3.34. The predicted molar refractivity (Wildman–Crippen MR) is 153 cm³/mol. The number of hydrogen-bond donors (Lipinski definition) is 3. The van der Waals surface area contributed by atoms with Crippen LogP contribution < -0.4 is 35.3 Å². The van der Waals surface area contributed by atoms with Crippen molar-refractivity contribution in [1.82, 2.24) is 25.4 Å². The predicted octanol–water partition coefficient (Wildman–Crippen LogP) is 3.44. The molecule has 2 unspecified atom stereocenters. The number of carbonyl (C=O) groups is 1. The summed E-state index contributed by atoms with van der Waals surface area (Å²) < 4.78 is 38.1. The second-order valence-corrected chi connectivity index (χ2v) is 10.2. The maximum atomic E-state index is 14.5. The van der Waals surface area contributed by atoms with Gasteiger partial charge in [0.15, 0.2) is 17.1 Å². The summed E-state index contributed by atoms with van der Waals surface area (Å²) in [5.74, 6) is 1.59. The van der Waals surface area contributed by atoms with Crippen LogP contribution in [0.15, 0.2) is 48.7 Å². The van der Waals surface area contributed by atoms with Gasteiger partial charge in [0.05, 0.1) is 31.1 Å². The van der Waals surface area contributed by atoms with Crippen molar-refractivity contribution in [1.29, 1.82) is 0 Å². The largest absolute Gasteiger partial charge is 0.497 e. The molecule has 1 saturated carbocycles. The van der Waals surface area contributed by atoms with Gasteiger partial charge in [-0.2, -0.15) is 9.61 Å². The fourth-order valence-corrected chi connectivity index (χ4v) is 5.02. The van der Waals surface area contributed by atoms with Crippen LogP contribution in [0.3, 0.4) is 0 Å². The van der Waals surface area contributed by atoms with E-state index >= 15 is 0 Å². The van der Waals surface area contributed by atoms with Crippen LogP contribution in [0.5, 0.6) is 17.2 Å². The minimum absolute atomic E-state index is 0.0264. The van der Waals surface area contributed by atoms with E-state index in [2.05, 4.69) is 21.3 Å². The molecule has 42 heavy (non-hydrogen) atoms. The van der Waals surface area contributed by atoms with Crippen molar-refractivity contribution >= 4 is 28.9 Å². The Morgan fingerprint density at radius 3 is 2.69 bits per heavy atom. The second-order valence-electron chi connectivity index (χ2n) is 10.2. The summed E-state index contributed by atoms with van der Waals surface area (Å²) in [7, 11) is 5.19. The SMILES string of the molecule is COc1ccc(CN(C)c2cc(Nc3cc(F)cc4c3OCCO4)nc3c(C(=O)NNC4CCC4OC)cnn23)cc1. The summed E-state index contributed by atoms with van der Waals surface area (Å²) in [6, 6.07) is 12.2. The lowest BCUT2D eigenvalue weighted by Crippen LogP contribution is -2.55. The van der Waals surface area contributed by atoms with E-state index in [1.54, 1.807) is 24.8 Å². The van der Waals surface area contributed by atoms with E-state index in [0.717, 1.165) is 24.2 Å². The molecular weight excluding hydrogens is 545 g/mol. The maximum absolute atomic E-state index is 14.5. The van der Waals surface area contributed by atoms with E-state index in [0.29, 0.717) is 54.2 Å². The van der Waals surface area contributed by atoms with Crippen molar-refractivity contribution in [2.75, 3.05) is 44.7 Å². The Bertz CT molecular complexity index is 1590. The van der Waals surface area contributed by atoms with Crippen molar-refractivity contribution in [3.8, 4) is 17.2 Å². The van der Waals surface area contributed by atoms with Gasteiger partial charge in [-0.15, -0.1) is 0 Å². The molecule has 3 heterocycles. The number of hydrazine groups is 1. The Kier molecular flexibility index (Phi) is 7.68. The van der Waals surface area contributed by atoms with Gasteiger partial charge in [0.2, 0.25) is 0 Å². The Morgan fingerprint density at radius 1 is 1.14 bits per heavy atom. The first-order chi connectivity index (χ1) is 20.4. The molecule has 0 radical (unpaired) electrons. The first-order valence-corrected chi connectivity index (χ1v) is 13.6. The van der Waals surface area contributed by atoms with E-state index in [9.17, 15) is 9.18 Å². The van der Waals surface area contributed by atoms with E-state index in [4.69, 9.17) is 23.9 Å². The number of hydrogen-bond acceptors (Lipinski definition) is 10. The molecule has 1 fully saturated rings. The van der Waals surface area contributed by atoms with Crippen LogP contribution in [0.25, 0.3) is 5.65 Å². The normalized spacial score (nSPS) is 17.4. The number of nitrogens with zero attached hydrogens (tertiary/aromatic N) is 4. The number of ether oxygens (including phenoxy) is 4. The van der Waals surface area contributed by atoms with Crippen LogP contribution in [0.1, 0.15) is 28.8 Å². The third kappa shape index (κ3) is 5.48. The van der Waals surface area contributed by atoms with Gasteiger partial charge < -0.3 is 29.2 Å². The zero-order valence-electron chi connectivity index (χ0n) is 23.5. The molecule has 2 atom stereocenters. The number of benzene rings is 2. The van der Waals surface area contributed by atoms with Gasteiger partial charge in [-0.25, -0.2) is 14.8 Å². The number of rotatable bonds is 10. The van der Waals surface area contributed by atoms with Crippen LogP contribution >= 0.6 is 0 Å². The van der Waals surface area contributed by atoms with E-state index in [1.165, 1.54) is 18.3 Å². The molecule has 2 aliphatic rings. The Hall–Kier alpha value is -4.62. The van der Waals surface area contributed by atoms with Crippen LogP contribution in [0, 0.1) is 5.82 Å². The first kappa shape index (κ1) is 27.5. The average Bonchev–Trinajstić information content (AvgIpc) is 3.41. The Morgan fingerprint density at radius 2 is 1.95 bits per heavy atom. The molecule has 0 saturated heterocycles. The molecule has 1 aliphatic carbocycles. The lowest BCUT2D eigenvalue weighted by atomic mass is 9.90. The molecule has 13 heteroatoms. The van der Waals surface area contributed by atoms with E-state index < -0.39 is 5.82 Å². The quantitative estimate of drug-likeness (QED) is 0.242. The Balaban J connectivity index is 1.35. The van der Waals surface area contributed by atoms with E-state index in [1.807, 2.05) is 36.2 Å². The summed E-state index contributed by atoms with van der Waals surface area (Å²) in [5, 5.41) is 7.67. The molecule has 4 aromatic rings. The molecule has 220 valence electrons. The number of halogens is 1. The van der Waals surface area contributed by atoms with Crippen LogP contribution in [0.4, 0.5) is 21.7 Å². The molecule has 2 aromatic carbocycles. The minimum atomic E-state index is -0.486. The maximum Gasteiger partial charge on any atom is 0.270 e. The standard InChI is InChI=1S/C29H32FN7O5/c1-36(16-17-4-6-19(39-2)7-5-17)26-14-25(32-22-12-18(30)13-24-27(22)42-11-10-41-24)33-28-20(15-31-37(26)28)29(38)35-34-21-8-9-23(21)40-3/h4-7,12-15,21,23,34H,8-11,16H2,1-3H3,(H,32,33)(H,35,38). The summed E-state index contributed by atoms with van der Waals surface area (Å²) in [4.78, 5) is 19.9. The van der Waals surface area contributed by atoms with Crippen molar-refractivity contribution in [2.45, 2.75) is 31.5 Å². The summed E-state index contributed by atoms with van der Waals surface area (Å²) >= 11 is 0. The van der Waals surface area contributed by atoms with Gasteiger partial charge in [-0.3, -0.25) is 10.2 Å². The zero-order valence-corrected chi connectivity index (χ0v) is 23.5. The number of methoxy groups -OCH3 is 2. The van der Waals surface area contributed by atoms with E-state index in [-0.39, 0.29) is 23.6 Å². The fourth-order valence-electron chi connectivity index (χ4n) is 5.02. The topological polar surface area (TPSA) is 124 Å². The molecule has 1 amide bonds. The second kappa shape index (κ2) is 11.7. The molecule has 2 aromatic heterocycles. The lowest BCUT2D eigenvalue weighted by molar-refractivity contribution is 0.00166. The van der Waals surface area contributed by atoms with Crippen molar-refractivity contribution in [3.05, 3.63) is 65.6 Å². The molecule has 6 rings (SSSR count). The molecule has 3 N–H and O–H groups in total. The molecular formula is C29H32FN7O5.